The molecule has 15 heavy (non-hydrogen) atoms. The first-order valence-corrected chi connectivity index (χ1v) is 5.60. The number of nitrogens with zero attached hydrogens (tertiary/aromatic N) is 2. The number of likely N-dealkylation sites (N-methyl/N-ethyl adjacent to an activating group) is 1. The molecule has 1 heterocycles. The van der Waals surface area contributed by atoms with Gasteiger partial charge in [0.25, 0.3) is 5.91 Å². The van der Waals surface area contributed by atoms with E-state index in [2.05, 4.69) is 23.7 Å². The molecule has 1 amide bonds. The number of aromatic nitrogens is 1. The third-order valence-corrected chi connectivity index (χ3v) is 3.01. The summed E-state index contributed by atoms with van der Waals surface area (Å²) in [6.07, 6.45) is 1.78. The number of hydrogen-bond acceptors (Lipinski definition) is 3. The van der Waals surface area contributed by atoms with E-state index in [4.69, 9.17) is 0 Å². The van der Waals surface area contributed by atoms with Crippen molar-refractivity contribution in [1.82, 2.24) is 9.88 Å². The van der Waals surface area contributed by atoms with Gasteiger partial charge in [0.15, 0.2) is 0 Å². The average molecular weight is 222 g/mol. The molecule has 3 nitrogen and oxygen atoms in total. The normalized spacial score (nSPS) is 11.4. The van der Waals surface area contributed by atoms with Crippen molar-refractivity contribution in [3.63, 3.8) is 0 Å². The topological polar surface area (TPSA) is 33.2 Å². The summed E-state index contributed by atoms with van der Waals surface area (Å²) in [6.45, 7) is 4.37. The van der Waals surface area contributed by atoms with Crippen LogP contribution in [0.25, 0.3) is 0 Å². The molecule has 0 aromatic carbocycles. The lowest BCUT2D eigenvalue weighted by Crippen LogP contribution is -2.29. The minimum absolute atomic E-state index is 0.138. The van der Waals surface area contributed by atoms with Gasteiger partial charge in [0, 0.05) is 31.1 Å². The highest BCUT2D eigenvalue weighted by atomic mass is 32.1. The van der Waals surface area contributed by atoms with Gasteiger partial charge in [-0.3, -0.25) is 4.79 Å². The zero-order valence-electron chi connectivity index (χ0n) is 9.15. The lowest BCUT2D eigenvalue weighted by Gasteiger charge is -2.17. The summed E-state index contributed by atoms with van der Waals surface area (Å²) < 4.78 is 0. The zero-order chi connectivity index (χ0) is 11.3. The predicted octanol–water partition coefficient (Wildman–Crippen LogP) is 1.73. The largest absolute Gasteiger partial charge is 0.334 e. The SMILES string of the molecule is CC#CC(=O)N(C)CC(C)c1nccs1. The van der Waals surface area contributed by atoms with Crippen molar-refractivity contribution in [2.75, 3.05) is 13.6 Å². The number of carbonyl (C=O) groups excluding carboxylic acids is 1. The Kier molecular flexibility index (Phi) is 4.32. The van der Waals surface area contributed by atoms with E-state index in [9.17, 15) is 4.79 Å². The minimum Gasteiger partial charge on any atom is -0.334 e. The maximum absolute atomic E-state index is 11.4. The van der Waals surface area contributed by atoms with Crippen LogP contribution in [0.5, 0.6) is 0 Å². The van der Waals surface area contributed by atoms with Gasteiger partial charge in [-0.2, -0.15) is 0 Å². The average Bonchev–Trinajstić information content (AvgIpc) is 2.70. The van der Waals surface area contributed by atoms with E-state index in [0.717, 1.165) is 5.01 Å². The van der Waals surface area contributed by atoms with Crippen molar-refractivity contribution in [3.05, 3.63) is 16.6 Å². The molecule has 0 bridgehead atoms. The Bertz CT molecular complexity index is 375. The van der Waals surface area contributed by atoms with Crippen molar-refractivity contribution in [3.8, 4) is 11.8 Å². The monoisotopic (exact) mass is 222 g/mol. The molecule has 1 rings (SSSR count). The number of amides is 1. The highest BCUT2D eigenvalue weighted by Gasteiger charge is 2.13. The third-order valence-electron chi connectivity index (χ3n) is 2.00. The van der Waals surface area contributed by atoms with Crippen LogP contribution in [-0.4, -0.2) is 29.4 Å². The Balaban J connectivity index is 2.54. The molecular weight excluding hydrogens is 208 g/mol. The molecule has 1 unspecified atom stereocenters. The molecule has 0 radical (unpaired) electrons. The molecule has 0 fully saturated rings. The Morgan fingerprint density at radius 2 is 2.47 bits per heavy atom. The lowest BCUT2D eigenvalue weighted by atomic mass is 10.2. The Labute approximate surface area is 94.1 Å². The standard InChI is InChI=1S/C11H14N2OS/c1-4-5-10(14)13(3)8-9(2)11-12-6-7-15-11/h6-7,9H,8H2,1-3H3. The van der Waals surface area contributed by atoms with Crippen molar-refractivity contribution in [1.29, 1.82) is 0 Å². The van der Waals surface area contributed by atoms with Crippen LogP contribution in [-0.2, 0) is 4.79 Å². The van der Waals surface area contributed by atoms with Crippen LogP contribution < -0.4 is 0 Å². The molecule has 80 valence electrons. The second kappa shape index (κ2) is 5.52. The van der Waals surface area contributed by atoms with Crippen molar-refractivity contribution in [2.45, 2.75) is 19.8 Å². The first-order chi connectivity index (χ1) is 7.15. The van der Waals surface area contributed by atoms with Gasteiger partial charge in [-0.15, -0.1) is 11.3 Å². The van der Waals surface area contributed by atoms with Crippen molar-refractivity contribution in [2.24, 2.45) is 0 Å². The molecule has 0 saturated carbocycles. The highest BCUT2D eigenvalue weighted by molar-refractivity contribution is 7.09. The molecule has 0 spiro atoms. The van der Waals surface area contributed by atoms with Gasteiger partial charge in [0.2, 0.25) is 0 Å². The number of rotatable bonds is 3. The summed E-state index contributed by atoms with van der Waals surface area (Å²) in [4.78, 5) is 17.2. The first kappa shape index (κ1) is 11.7. The van der Waals surface area contributed by atoms with E-state index >= 15 is 0 Å². The van der Waals surface area contributed by atoms with E-state index in [1.165, 1.54) is 0 Å². The summed E-state index contributed by atoms with van der Waals surface area (Å²) in [6, 6.07) is 0. The number of carbonyl (C=O) groups is 1. The van der Waals surface area contributed by atoms with Gasteiger partial charge in [-0.1, -0.05) is 12.8 Å². The second-order valence-electron chi connectivity index (χ2n) is 3.33. The van der Waals surface area contributed by atoms with Gasteiger partial charge in [0.1, 0.15) is 0 Å². The predicted molar refractivity (Wildman–Crippen MR) is 61.6 cm³/mol. The smallest absolute Gasteiger partial charge is 0.298 e. The molecule has 1 aromatic heterocycles. The van der Waals surface area contributed by atoms with Crippen LogP contribution >= 0.6 is 11.3 Å². The maximum Gasteiger partial charge on any atom is 0.298 e. The van der Waals surface area contributed by atoms with Gasteiger partial charge >= 0.3 is 0 Å². The Hall–Kier alpha value is -1.34. The van der Waals surface area contributed by atoms with Crippen LogP contribution in [0.2, 0.25) is 0 Å². The van der Waals surface area contributed by atoms with E-state index in [1.807, 2.05) is 5.38 Å². The maximum atomic E-state index is 11.4. The van der Waals surface area contributed by atoms with Gasteiger partial charge in [0.05, 0.1) is 5.01 Å². The fourth-order valence-corrected chi connectivity index (χ4v) is 1.94. The summed E-state index contributed by atoms with van der Waals surface area (Å²) in [7, 11) is 1.76. The van der Waals surface area contributed by atoms with Crippen LogP contribution in [0, 0.1) is 11.8 Å². The molecule has 4 heteroatoms. The molecule has 0 aliphatic carbocycles. The van der Waals surface area contributed by atoms with Crippen LogP contribution in [0.15, 0.2) is 11.6 Å². The summed E-state index contributed by atoms with van der Waals surface area (Å²) in [5.41, 5.74) is 0. The van der Waals surface area contributed by atoms with Gasteiger partial charge < -0.3 is 4.90 Å². The van der Waals surface area contributed by atoms with Crippen LogP contribution in [0.4, 0.5) is 0 Å². The first-order valence-electron chi connectivity index (χ1n) is 4.72. The summed E-state index contributed by atoms with van der Waals surface area (Å²) in [5.74, 6) is 5.24. The number of thiazole rings is 1. The van der Waals surface area contributed by atoms with E-state index < -0.39 is 0 Å². The van der Waals surface area contributed by atoms with Crippen molar-refractivity contribution >= 4 is 17.2 Å². The minimum atomic E-state index is -0.138. The fraction of sp³-hybridized carbons (Fsp3) is 0.455. The number of hydrogen-bond donors (Lipinski definition) is 0. The van der Waals surface area contributed by atoms with E-state index in [1.54, 1.807) is 36.4 Å². The molecule has 0 N–H and O–H groups in total. The molecule has 0 aliphatic heterocycles. The van der Waals surface area contributed by atoms with Crippen LogP contribution in [0.3, 0.4) is 0 Å². The quantitative estimate of drug-likeness (QED) is 0.730. The van der Waals surface area contributed by atoms with Crippen LogP contribution in [0.1, 0.15) is 24.8 Å². The molecule has 0 saturated heterocycles. The lowest BCUT2D eigenvalue weighted by molar-refractivity contribution is -0.124. The Morgan fingerprint density at radius 1 is 1.73 bits per heavy atom. The van der Waals surface area contributed by atoms with E-state index in [-0.39, 0.29) is 11.8 Å². The zero-order valence-corrected chi connectivity index (χ0v) is 9.97. The molecular formula is C11H14N2OS. The molecule has 1 aromatic rings. The highest BCUT2D eigenvalue weighted by Crippen LogP contribution is 2.18. The summed E-state index contributed by atoms with van der Waals surface area (Å²) in [5, 5.41) is 3.00. The third kappa shape index (κ3) is 3.37. The van der Waals surface area contributed by atoms with Gasteiger partial charge in [-0.05, 0) is 12.8 Å². The fourth-order valence-electron chi connectivity index (χ4n) is 1.25. The summed E-state index contributed by atoms with van der Waals surface area (Å²) >= 11 is 1.61. The van der Waals surface area contributed by atoms with Crippen molar-refractivity contribution < 1.29 is 4.79 Å². The second-order valence-corrected chi connectivity index (χ2v) is 4.26. The van der Waals surface area contributed by atoms with Gasteiger partial charge in [-0.25, -0.2) is 4.98 Å². The molecule has 1 atom stereocenters. The Morgan fingerprint density at radius 3 is 3.00 bits per heavy atom. The van der Waals surface area contributed by atoms with E-state index in [0.29, 0.717) is 6.54 Å². The molecule has 0 aliphatic rings.